The second-order valence-corrected chi connectivity index (χ2v) is 8.10. The zero-order chi connectivity index (χ0) is 17.4. The zero-order valence-corrected chi connectivity index (χ0v) is 15.3. The number of hydrogen-bond donors (Lipinski definition) is 0. The van der Waals surface area contributed by atoms with Gasteiger partial charge in [-0.15, -0.1) is 0 Å². The molecule has 25 heavy (non-hydrogen) atoms. The second-order valence-electron chi connectivity index (χ2n) is 8.10. The highest BCUT2D eigenvalue weighted by atomic mass is 16.5. The average Bonchev–Trinajstić information content (AvgIpc) is 3.31. The van der Waals surface area contributed by atoms with E-state index in [-0.39, 0.29) is 5.91 Å². The number of piperidine rings is 1. The summed E-state index contributed by atoms with van der Waals surface area (Å²) in [5.41, 5.74) is 0.483. The minimum absolute atomic E-state index is 0.0303. The van der Waals surface area contributed by atoms with Gasteiger partial charge in [-0.2, -0.15) is 0 Å². The van der Waals surface area contributed by atoms with E-state index in [0.29, 0.717) is 29.7 Å². The lowest BCUT2D eigenvalue weighted by Gasteiger charge is -2.39. The lowest BCUT2D eigenvalue weighted by atomic mass is 9.95. The predicted octanol–water partition coefficient (Wildman–Crippen LogP) is 2.51. The third kappa shape index (κ3) is 4.06. The first kappa shape index (κ1) is 17.0. The topological polar surface area (TPSA) is 58.8 Å². The molecule has 6 nitrogen and oxygen atoms in total. The van der Waals surface area contributed by atoms with Crippen molar-refractivity contribution in [1.29, 1.82) is 0 Å². The molecule has 138 valence electrons. The molecule has 0 spiro atoms. The van der Waals surface area contributed by atoms with Crippen LogP contribution in [-0.2, 0) is 4.74 Å². The molecule has 0 bridgehead atoms. The molecule has 1 saturated carbocycles. The standard InChI is InChI=1S/C19H29N3O3/c1-13-10-21(11-14(2)24-13)12-15-5-7-22(8-6-15)19(23)17-9-18(25-20-17)16-3-4-16/h9,13-16H,3-8,10-12H2,1-2H3/t13-,14-/m0/s1. The Kier molecular flexibility index (Phi) is 4.82. The summed E-state index contributed by atoms with van der Waals surface area (Å²) in [6, 6.07) is 1.85. The van der Waals surface area contributed by atoms with Crippen LogP contribution in [0.15, 0.2) is 10.6 Å². The monoisotopic (exact) mass is 347 g/mol. The van der Waals surface area contributed by atoms with Gasteiger partial charge in [-0.25, -0.2) is 0 Å². The number of likely N-dealkylation sites (tertiary alicyclic amines) is 1. The summed E-state index contributed by atoms with van der Waals surface area (Å²) in [5, 5.41) is 3.99. The molecule has 0 aromatic carbocycles. The summed E-state index contributed by atoms with van der Waals surface area (Å²) < 4.78 is 11.1. The van der Waals surface area contributed by atoms with Crippen molar-refractivity contribution in [3.63, 3.8) is 0 Å². The molecule has 1 amide bonds. The van der Waals surface area contributed by atoms with Crippen LogP contribution < -0.4 is 0 Å². The first-order chi connectivity index (χ1) is 12.1. The number of amides is 1. The van der Waals surface area contributed by atoms with Crippen molar-refractivity contribution in [3.05, 3.63) is 17.5 Å². The van der Waals surface area contributed by atoms with E-state index < -0.39 is 0 Å². The molecule has 0 unspecified atom stereocenters. The molecule has 3 heterocycles. The van der Waals surface area contributed by atoms with Crippen LogP contribution in [0.5, 0.6) is 0 Å². The summed E-state index contributed by atoms with van der Waals surface area (Å²) in [6.45, 7) is 9.11. The number of carbonyl (C=O) groups excluding carboxylic acids is 1. The van der Waals surface area contributed by atoms with Gasteiger partial charge in [0, 0.05) is 44.7 Å². The molecule has 1 aromatic rings. The van der Waals surface area contributed by atoms with Gasteiger partial charge >= 0.3 is 0 Å². The van der Waals surface area contributed by atoms with E-state index in [1.807, 2.05) is 11.0 Å². The molecule has 1 aliphatic carbocycles. The van der Waals surface area contributed by atoms with Crippen LogP contribution in [-0.4, -0.2) is 65.8 Å². The molecular formula is C19H29N3O3. The number of morpholine rings is 1. The third-order valence-electron chi connectivity index (χ3n) is 5.64. The highest BCUT2D eigenvalue weighted by Gasteiger charge is 2.32. The normalized spacial score (nSPS) is 29.1. The van der Waals surface area contributed by atoms with E-state index in [4.69, 9.17) is 9.26 Å². The number of nitrogens with zero attached hydrogens (tertiary/aromatic N) is 3. The average molecular weight is 347 g/mol. The van der Waals surface area contributed by atoms with Gasteiger partial charge in [-0.1, -0.05) is 5.16 Å². The lowest BCUT2D eigenvalue weighted by molar-refractivity contribution is -0.0728. The van der Waals surface area contributed by atoms with Crippen molar-refractivity contribution >= 4 is 5.91 Å². The quantitative estimate of drug-likeness (QED) is 0.838. The van der Waals surface area contributed by atoms with Gasteiger partial charge < -0.3 is 14.2 Å². The minimum Gasteiger partial charge on any atom is -0.373 e. The Labute approximate surface area is 149 Å². The molecule has 0 radical (unpaired) electrons. The molecular weight excluding hydrogens is 318 g/mol. The van der Waals surface area contributed by atoms with Gasteiger partial charge in [0.15, 0.2) is 5.69 Å². The van der Waals surface area contributed by atoms with Crippen LogP contribution in [0.1, 0.15) is 61.7 Å². The number of hydrogen-bond acceptors (Lipinski definition) is 5. The highest BCUT2D eigenvalue weighted by Crippen LogP contribution is 2.40. The van der Waals surface area contributed by atoms with Crippen LogP contribution in [0.25, 0.3) is 0 Å². The van der Waals surface area contributed by atoms with Crippen molar-refractivity contribution in [3.8, 4) is 0 Å². The van der Waals surface area contributed by atoms with Gasteiger partial charge in [0.2, 0.25) is 0 Å². The minimum atomic E-state index is 0.0303. The molecule has 2 aliphatic heterocycles. The molecule has 3 aliphatic rings. The molecule has 2 atom stereocenters. The van der Waals surface area contributed by atoms with E-state index >= 15 is 0 Å². The van der Waals surface area contributed by atoms with E-state index in [0.717, 1.165) is 64.2 Å². The van der Waals surface area contributed by atoms with E-state index in [1.54, 1.807) is 0 Å². The molecule has 6 heteroatoms. The molecule has 0 N–H and O–H groups in total. The molecule has 4 rings (SSSR count). The maximum absolute atomic E-state index is 12.6. The summed E-state index contributed by atoms with van der Waals surface area (Å²) >= 11 is 0. The highest BCUT2D eigenvalue weighted by molar-refractivity contribution is 5.92. The Bertz CT molecular complexity index is 595. The van der Waals surface area contributed by atoms with Crippen molar-refractivity contribution in [2.45, 2.75) is 57.7 Å². The SMILES string of the molecule is C[C@H]1CN(CC2CCN(C(=O)c3cc(C4CC4)on3)CC2)C[C@H](C)O1. The fraction of sp³-hybridized carbons (Fsp3) is 0.789. The van der Waals surface area contributed by atoms with Gasteiger partial charge in [-0.3, -0.25) is 9.69 Å². The Morgan fingerprint density at radius 2 is 1.84 bits per heavy atom. The van der Waals surface area contributed by atoms with Crippen molar-refractivity contribution in [2.24, 2.45) is 5.92 Å². The number of aromatic nitrogens is 1. The van der Waals surface area contributed by atoms with Crippen LogP contribution in [0.4, 0.5) is 0 Å². The third-order valence-corrected chi connectivity index (χ3v) is 5.64. The van der Waals surface area contributed by atoms with Crippen LogP contribution in [0.3, 0.4) is 0 Å². The Morgan fingerprint density at radius 3 is 2.48 bits per heavy atom. The van der Waals surface area contributed by atoms with Crippen LogP contribution >= 0.6 is 0 Å². The second kappa shape index (κ2) is 7.08. The Hall–Kier alpha value is -1.40. The smallest absolute Gasteiger partial charge is 0.276 e. The largest absolute Gasteiger partial charge is 0.373 e. The Balaban J connectivity index is 1.26. The predicted molar refractivity (Wildman–Crippen MR) is 93.6 cm³/mol. The summed E-state index contributed by atoms with van der Waals surface area (Å²) in [6.07, 6.45) is 5.09. The zero-order valence-electron chi connectivity index (χ0n) is 15.3. The van der Waals surface area contributed by atoms with Gasteiger partial charge in [-0.05, 0) is 45.4 Å². The van der Waals surface area contributed by atoms with E-state index in [1.165, 1.54) is 0 Å². The van der Waals surface area contributed by atoms with Crippen LogP contribution in [0, 0.1) is 5.92 Å². The van der Waals surface area contributed by atoms with Gasteiger partial charge in [0.25, 0.3) is 5.91 Å². The first-order valence-electron chi connectivity index (χ1n) is 9.72. The summed E-state index contributed by atoms with van der Waals surface area (Å²) in [4.78, 5) is 17.1. The van der Waals surface area contributed by atoms with Gasteiger partial charge in [0.05, 0.1) is 12.2 Å². The maximum atomic E-state index is 12.6. The lowest BCUT2D eigenvalue weighted by Crippen LogP contribution is -2.48. The maximum Gasteiger partial charge on any atom is 0.276 e. The molecule has 3 fully saturated rings. The van der Waals surface area contributed by atoms with Crippen LogP contribution in [0.2, 0.25) is 0 Å². The van der Waals surface area contributed by atoms with E-state index in [2.05, 4.69) is 23.9 Å². The molecule has 1 aromatic heterocycles. The summed E-state index contributed by atoms with van der Waals surface area (Å²) in [5.74, 6) is 2.08. The number of rotatable bonds is 4. The number of carbonyl (C=O) groups is 1. The Morgan fingerprint density at radius 1 is 1.16 bits per heavy atom. The van der Waals surface area contributed by atoms with E-state index in [9.17, 15) is 4.79 Å². The first-order valence-corrected chi connectivity index (χ1v) is 9.72. The van der Waals surface area contributed by atoms with Gasteiger partial charge in [0.1, 0.15) is 5.76 Å². The van der Waals surface area contributed by atoms with Crippen molar-refractivity contribution in [2.75, 3.05) is 32.7 Å². The fourth-order valence-electron chi connectivity index (χ4n) is 4.23. The summed E-state index contributed by atoms with van der Waals surface area (Å²) in [7, 11) is 0. The molecule has 2 saturated heterocycles. The number of ether oxygens (including phenoxy) is 1. The fourth-order valence-corrected chi connectivity index (χ4v) is 4.23. The van der Waals surface area contributed by atoms with Crippen molar-refractivity contribution < 1.29 is 14.1 Å². The van der Waals surface area contributed by atoms with Crippen molar-refractivity contribution in [1.82, 2.24) is 15.0 Å².